The molecular formula is C18H23F2N5O. The van der Waals surface area contributed by atoms with Gasteiger partial charge in [-0.2, -0.15) is 13.9 Å². The molecular weight excluding hydrogens is 340 g/mol. The van der Waals surface area contributed by atoms with Crippen LogP contribution in [-0.4, -0.2) is 25.4 Å². The van der Waals surface area contributed by atoms with Crippen molar-refractivity contribution in [1.29, 1.82) is 0 Å². The minimum Gasteiger partial charge on any atom is -0.307 e. The second-order valence-corrected chi connectivity index (χ2v) is 7.23. The van der Waals surface area contributed by atoms with Gasteiger partial charge in [-0.25, -0.2) is 9.67 Å². The molecule has 2 heterocycles. The number of imidazole rings is 1. The number of alkyl halides is 2. The van der Waals surface area contributed by atoms with Crippen molar-refractivity contribution in [3.8, 4) is 0 Å². The van der Waals surface area contributed by atoms with E-state index in [-0.39, 0.29) is 17.6 Å². The summed E-state index contributed by atoms with van der Waals surface area (Å²) >= 11 is 0. The van der Waals surface area contributed by atoms with Gasteiger partial charge in [0.25, 0.3) is 5.56 Å². The third-order valence-corrected chi connectivity index (χ3v) is 5.39. The predicted molar refractivity (Wildman–Crippen MR) is 92.1 cm³/mol. The minimum absolute atomic E-state index is 0.0373. The summed E-state index contributed by atoms with van der Waals surface area (Å²) in [7, 11) is 0. The van der Waals surface area contributed by atoms with Crippen molar-refractivity contribution in [2.75, 3.05) is 0 Å². The Labute approximate surface area is 150 Å². The molecule has 140 valence electrons. The van der Waals surface area contributed by atoms with E-state index in [1.807, 2.05) is 6.07 Å². The summed E-state index contributed by atoms with van der Waals surface area (Å²) < 4.78 is 28.2. The quantitative estimate of drug-likeness (QED) is 0.857. The molecule has 0 radical (unpaired) electrons. The maximum atomic E-state index is 12.9. The number of hydrogen-bond donors (Lipinski definition) is 1. The van der Waals surface area contributed by atoms with E-state index in [1.165, 1.54) is 12.4 Å². The number of aromatic nitrogens is 4. The van der Waals surface area contributed by atoms with Crippen LogP contribution >= 0.6 is 0 Å². The minimum atomic E-state index is -2.57. The van der Waals surface area contributed by atoms with Gasteiger partial charge >= 0.3 is 6.55 Å². The third-order valence-electron chi connectivity index (χ3n) is 5.39. The zero-order valence-corrected chi connectivity index (χ0v) is 14.5. The number of hydrogen-bond acceptors (Lipinski definition) is 4. The summed E-state index contributed by atoms with van der Waals surface area (Å²) in [5.74, 6) is 0.871. The summed E-state index contributed by atoms with van der Waals surface area (Å²) in [5, 5.41) is 7.91. The van der Waals surface area contributed by atoms with Gasteiger partial charge < -0.3 is 5.32 Å². The largest absolute Gasteiger partial charge is 0.319 e. The van der Waals surface area contributed by atoms with Gasteiger partial charge in [0.15, 0.2) is 0 Å². The highest BCUT2D eigenvalue weighted by Crippen LogP contribution is 2.38. The van der Waals surface area contributed by atoms with Crippen LogP contribution in [0.25, 0.3) is 0 Å². The SMILES string of the molecule is O=c1ccc(C2CC2)nn1C1CCC(NCc2nccn2C(F)F)CC1. The summed E-state index contributed by atoms with van der Waals surface area (Å²) in [6, 6.07) is 3.86. The number of halogens is 2. The standard InChI is InChI=1S/C18H23F2N5O/c19-18(20)24-10-9-21-16(24)11-22-13-3-5-14(6-4-13)25-17(26)8-7-15(23-25)12-1-2-12/h7-10,12-14,18,22H,1-6,11H2. The van der Waals surface area contributed by atoms with Gasteiger partial charge in [-0.3, -0.25) is 9.36 Å². The third kappa shape index (κ3) is 3.70. The Morgan fingerprint density at radius 2 is 1.92 bits per heavy atom. The van der Waals surface area contributed by atoms with Crippen molar-refractivity contribution >= 4 is 0 Å². The summed E-state index contributed by atoms with van der Waals surface area (Å²) in [5.41, 5.74) is 0.994. The van der Waals surface area contributed by atoms with E-state index in [9.17, 15) is 13.6 Å². The zero-order valence-electron chi connectivity index (χ0n) is 14.5. The van der Waals surface area contributed by atoms with Gasteiger partial charge in [0.1, 0.15) is 5.82 Å². The molecule has 1 N–H and O–H groups in total. The lowest BCUT2D eigenvalue weighted by Crippen LogP contribution is -2.37. The van der Waals surface area contributed by atoms with Crippen molar-refractivity contribution in [2.45, 2.75) is 69.6 Å². The zero-order chi connectivity index (χ0) is 18.1. The Bertz CT molecular complexity index is 806. The molecule has 0 atom stereocenters. The summed E-state index contributed by atoms with van der Waals surface area (Å²) in [6.07, 6.45) is 8.52. The average Bonchev–Trinajstić information content (AvgIpc) is 3.38. The Morgan fingerprint density at radius 3 is 2.62 bits per heavy atom. The first-order valence-electron chi connectivity index (χ1n) is 9.25. The molecule has 0 unspecified atom stereocenters. The molecule has 0 aromatic carbocycles. The van der Waals surface area contributed by atoms with Crippen molar-refractivity contribution in [1.82, 2.24) is 24.6 Å². The molecule has 26 heavy (non-hydrogen) atoms. The highest BCUT2D eigenvalue weighted by molar-refractivity contribution is 5.13. The Balaban J connectivity index is 1.33. The van der Waals surface area contributed by atoms with E-state index in [4.69, 9.17) is 0 Å². The van der Waals surface area contributed by atoms with Gasteiger partial charge in [0.2, 0.25) is 0 Å². The average molecular weight is 363 g/mol. The highest BCUT2D eigenvalue weighted by Gasteiger charge is 2.28. The molecule has 2 aromatic rings. The molecule has 2 aromatic heterocycles. The molecule has 2 saturated carbocycles. The molecule has 0 spiro atoms. The van der Waals surface area contributed by atoms with E-state index in [2.05, 4.69) is 15.4 Å². The van der Waals surface area contributed by atoms with Gasteiger partial charge in [-0.1, -0.05) is 0 Å². The van der Waals surface area contributed by atoms with Gasteiger partial charge in [0.05, 0.1) is 18.3 Å². The van der Waals surface area contributed by atoms with E-state index < -0.39 is 6.55 Å². The van der Waals surface area contributed by atoms with Crippen LogP contribution in [0, 0.1) is 0 Å². The van der Waals surface area contributed by atoms with Crippen LogP contribution in [0.1, 0.15) is 68.6 Å². The van der Waals surface area contributed by atoms with Crippen LogP contribution < -0.4 is 10.9 Å². The van der Waals surface area contributed by atoms with Crippen LogP contribution in [-0.2, 0) is 6.54 Å². The molecule has 8 heteroatoms. The first-order chi connectivity index (χ1) is 12.6. The van der Waals surface area contributed by atoms with Crippen LogP contribution in [0.2, 0.25) is 0 Å². The molecule has 0 saturated heterocycles. The molecule has 2 aliphatic rings. The molecule has 0 aliphatic heterocycles. The molecule has 6 nitrogen and oxygen atoms in total. The summed E-state index contributed by atoms with van der Waals surface area (Å²) in [4.78, 5) is 16.2. The second-order valence-electron chi connectivity index (χ2n) is 7.23. The molecule has 2 aliphatic carbocycles. The Hall–Kier alpha value is -2.09. The number of nitrogens with one attached hydrogen (secondary N) is 1. The molecule has 0 bridgehead atoms. The predicted octanol–water partition coefficient (Wildman–Crippen LogP) is 2.99. The van der Waals surface area contributed by atoms with Crippen LogP contribution in [0.4, 0.5) is 8.78 Å². The van der Waals surface area contributed by atoms with Gasteiger partial charge in [-0.15, -0.1) is 0 Å². The molecule has 0 amide bonds. The van der Waals surface area contributed by atoms with Crippen LogP contribution in [0.5, 0.6) is 0 Å². The van der Waals surface area contributed by atoms with Crippen molar-refractivity contribution in [3.63, 3.8) is 0 Å². The maximum Gasteiger partial charge on any atom is 0.319 e. The van der Waals surface area contributed by atoms with E-state index in [0.717, 1.165) is 48.8 Å². The smallest absolute Gasteiger partial charge is 0.307 e. The van der Waals surface area contributed by atoms with Crippen molar-refractivity contribution < 1.29 is 8.78 Å². The fourth-order valence-electron chi connectivity index (χ4n) is 3.72. The van der Waals surface area contributed by atoms with Crippen LogP contribution in [0.15, 0.2) is 29.3 Å². The normalized spacial score (nSPS) is 23.5. The van der Waals surface area contributed by atoms with Crippen molar-refractivity contribution in [2.24, 2.45) is 0 Å². The van der Waals surface area contributed by atoms with E-state index in [0.29, 0.717) is 18.3 Å². The highest BCUT2D eigenvalue weighted by atomic mass is 19.3. The van der Waals surface area contributed by atoms with Gasteiger partial charge in [-0.05, 0) is 44.6 Å². The molecule has 4 rings (SSSR count). The number of nitrogens with zero attached hydrogens (tertiary/aromatic N) is 4. The topological polar surface area (TPSA) is 64.7 Å². The van der Waals surface area contributed by atoms with Crippen molar-refractivity contribution in [3.05, 3.63) is 46.4 Å². The number of rotatable bonds is 6. The first-order valence-corrected chi connectivity index (χ1v) is 9.25. The first kappa shape index (κ1) is 17.3. The Kier molecular flexibility index (Phi) is 4.84. The molecule has 2 fully saturated rings. The van der Waals surface area contributed by atoms with Crippen LogP contribution in [0.3, 0.4) is 0 Å². The second kappa shape index (κ2) is 7.26. The lowest BCUT2D eigenvalue weighted by molar-refractivity contribution is 0.0663. The van der Waals surface area contributed by atoms with Gasteiger partial charge in [0, 0.05) is 30.4 Å². The van der Waals surface area contributed by atoms with E-state index in [1.54, 1.807) is 10.7 Å². The lowest BCUT2D eigenvalue weighted by atomic mass is 9.91. The lowest BCUT2D eigenvalue weighted by Gasteiger charge is -2.29. The Morgan fingerprint density at radius 1 is 1.15 bits per heavy atom. The summed E-state index contributed by atoms with van der Waals surface area (Å²) in [6.45, 7) is -2.25. The monoisotopic (exact) mass is 363 g/mol. The van der Waals surface area contributed by atoms with E-state index >= 15 is 0 Å². The fourth-order valence-corrected chi connectivity index (χ4v) is 3.72. The fraction of sp³-hybridized carbons (Fsp3) is 0.611. The maximum absolute atomic E-state index is 12.9.